The zero-order chi connectivity index (χ0) is 9.54. The lowest BCUT2D eigenvalue weighted by molar-refractivity contribution is 0.642. The van der Waals surface area contributed by atoms with Gasteiger partial charge in [0, 0.05) is 12.6 Å². The molecular formula is C10H10ClN3. The van der Waals surface area contributed by atoms with Crippen molar-refractivity contribution in [2.24, 2.45) is 5.92 Å². The Morgan fingerprint density at radius 2 is 2.29 bits per heavy atom. The molecule has 0 atom stereocenters. The summed E-state index contributed by atoms with van der Waals surface area (Å²) in [6, 6.07) is 1.88. The average Bonchev–Trinajstić information content (AvgIpc) is 2.90. The largest absolute Gasteiger partial charge is 0.330 e. The maximum Gasteiger partial charge on any atom is 0.131 e. The number of hydrogen-bond acceptors (Lipinski definition) is 2. The number of aromatic nitrogens is 3. The predicted molar refractivity (Wildman–Crippen MR) is 55.3 cm³/mol. The van der Waals surface area contributed by atoms with E-state index >= 15 is 0 Å². The summed E-state index contributed by atoms with van der Waals surface area (Å²) in [6.07, 6.45) is 6.29. The minimum atomic E-state index is 0.537. The van der Waals surface area contributed by atoms with Crippen LogP contribution in [0.4, 0.5) is 0 Å². The van der Waals surface area contributed by atoms with Crippen LogP contribution in [-0.4, -0.2) is 14.5 Å². The van der Waals surface area contributed by atoms with Crippen LogP contribution in [0, 0.1) is 5.92 Å². The topological polar surface area (TPSA) is 30.7 Å². The predicted octanol–water partition coefficient (Wildman–Crippen LogP) is 2.49. The molecule has 3 rings (SSSR count). The minimum Gasteiger partial charge on any atom is -0.330 e. The number of nitrogens with zero attached hydrogens (tertiary/aromatic N) is 3. The lowest BCUT2D eigenvalue weighted by Gasteiger charge is -2.01. The van der Waals surface area contributed by atoms with Crippen molar-refractivity contribution in [3.05, 3.63) is 23.7 Å². The maximum atomic E-state index is 5.85. The van der Waals surface area contributed by atoms with Crippen LogP contribution < -0.4 is 0 Å². The Bertz CT molecular complexity index is 473. The Labute approximate surface area is 86.7 Å². The summed E-state index contributed by atoms with van der Waals surface area (Å²) >= 11 is 5.85. The SMILES string of the molecule is Clc1cc2c(cn1)ncn2CC1CC1. The highest BCUT2D eigenvalue weighted by Crippen LogP contribution is 2.31. The molecule has 0 aliphatic heterocycles. The molecule has 0 N–H and O–H groups in total. The summed E-state index contributed by atoms with van der Waals surface area (Å²) in [6.45, 7) is 1.07. The van der Waals surface area contributed by atoms with E-state index in [-0.39, 0.29) is 0 Å². The van der Waals surface area contributed by atoms with E-state index < -0.39 is 0 Å². The van der Waals surface area contributed by atoms with Crippen LogP contribution in [0.1, 0.15) is 12.8 Å². The van der Waals surface area contributed by atoms with Crippen molar-refractivity contribution >= 4 is 22.6 Å². The Morgan fingerprint density at radius 3 is 3.07 bits per heavy atom. The van der Waals surface area contributed by atoms with Gasteiger partial charge in [0.05, 0.1) is 18.0 Å². The molecule has 72 valence electrons. The molecule has 1 saturated carbocycles. The lowest BCUT2D eigenvalue weighted by atomic mass is 10.3. The van der Waals surface area contributed by atoms with Gasteiger partial charge >= 0.3 is 0 Å². The first-order valence-corrected chi connectivity index (χ1v) is 5.17. The lowest BCUT2D eigenvalue weighted by Crippen LogP contribution is -1.97. The summed E-state index contributed by atoms with van der Waals surface area (Å²) in [4.78, 5) is 8.29. The number of rotatable bonds is 2. The first-order valence-electron chi connectivity index (χ1n) is 4.79. The zero-order valence-electron chi connectivity index (χ0n) is 7.65. The highest BCUT2D eigenvalue weighted by Gasteiger charge is 2.22. The normalized spacial score (nSPS) is 16.4. The molecular weight excluding hydrogens is 198 g/mol. The third kappa shape index (κ3) is 1.38. The number of pyridine rings is 1. The van der Waals surface area contributed by atoms with Crippen molar-refractivity contribution in [1.29, 1.82) is 0 Å². The molecule has 0 saturated heterocycles. The minimum absolute atomic E-state index is 0.537. The fourth-order valence-electron chi connectivity index (χ4n) is 1.66. The standard InChI is InChI=1S/C10H10ClN3/c11-10-3-9-8(4-12-10)13-6-14(9)5-7-1-2-7/h3-4,6-7H,1-2,5H2. The van der Waals surface area contributed by atoms with Crippen LogP contribution in [0.25, 0.3) is 11.0 Å². The van der Waals surface area contributed by atoms with Crippen LogP contribution in [0.15, 0.2) is 18.6 Å². The van der Waals surface area contributed by atoms with Crippen LogP contribution in [0.5, 0.6) is 0 Å². The van der Waals surface area contributed by atoms with E-state index in [4.69, 9.17) is 11.6 Å². The van der Waals surface area contributed by atoms with Crippen molar-refractivity contribution in [3.8, 4) is 0 Å². The molecule has 14 heavy (non-hydrogen) atoms. The van der Waals surface area contributed by atoms with E-state index in [1.54, 1.807) is 6.20 Å². The number of fused-ring (bicyclic) bond motifs is 1. The van der Waals surface area contributed by atoms with Crippen LogP contribution in [0.2, 0.25) is 5.15 Å². The van der Waals surface area contributed by atoms with E-state index in [1.165, 1.54) is 12.8 Å². The van der Waals surface area contributed by atoms with Crippen molar-refractivity contribution in [1.82, 2.24) is 14.5 Å². The summed E-state index contributed by atoms with van der Waals surface area (Å²) in [7, 11) is 0. The highest BCUT2D eigenvalue weighted by molar-refractivity contribution is 6.29. The van der Waals surface area contributed by atoms with E-state index in [1.807, 2.05) is 12.4 Å². The first kappa shape index (κ1) is 8.24. The van der Waals surface area contributed by atoms with Gasteiger partial charge in [0.15, 0.2) is 0 Å². The van der Waals surface area contributed by atoms with Crippen molar-refractivity contribution in [3.63, 3.8) is 0 Å². The Balaban J connectivity index is 2.08. The van der Waals surface area contributed by atoms with Gasteiger partial charge in [-0.3, -0.25) is 0 Å². The monoisotopic (exact) mass is 207 g/mol. The Morgan fingerprint density at radius 1 is 1.43 bits per heavy atom. The van der Waals surface area contributed by atoms with Gasteiger partial charge in [0.25, 0.3) is 0 Å². The summed E-state index contributed by atoms with van der Waals surface area (Å²) in [5.41, 5.74) is 2.02. The maximum absolute atomic E-state index is 5.85. The third-order valence-electron chi connectivity index (χ3n) is 2.63. The van der Waals surface area contributed by atoms with Crippen LogP contribution >= 0.6 is 11.6 Å². The molecule has 0 bridgehead atoms. The molecule has 0 amide bonds. The van der Waals surface area contributed by atoms with Gasteiger partial charge in [-0.05, 0) is 18.8 Å². The van der Waals surface area contributed by atoms with E-state index in [0.717, 1.165) is 23.5 Å². The molecule has 0 radical (unpaired) electrons. The fourth-order valence-corrected chi connectivity index (χ4v) is 1.81. The van der Waals surface area contributed by atoms with E-state index in [0.29, 0.717) is 5.15 Å². The second-order valence-corrected chi connectivity index (χ2v) is 4.22. The Kier molecular flexibility index (Phi) is 1.74. The van der Waals surface area contributed by atoms with Gasteiger partial charge < -0.3 is 4.57 Å². The molecule has 0 unspecified atom stereocenters. The molecule has 1 aliphatic carbocycles. The highest BCUT2D eigenvalue weighted by atomic mass is 35.5. The van der Waals surface area contributed by atoms with Gasteiger partial charge in [-0.1, -0.05) is 11.6 Å². The quantitative estimate of drug-likeness (QED) is 0.709. The molecule has 3 nitrogen and oxygen atoms in total. The molecule has 2 aromatic heterocycles. The smallest absolute Gasteiger partial charge is 0.131 e. The van der Waals surface area contributed by atoms with Crippen LogP contribution in [0.3, 0.4) is 0 Å². The fraction of sp³-hybridized carbons (Fsp3) is 0.400. The second-order valence-electron chi connectivity index (χ2n) is 3.84. The third-order valence-corrected chi connectivity index (χ3v) is 2.83. The van der Waals surface area contributed by atoms with E-state index in [9.17, 15) is 0 Å². The van der Waals surface area contributed by atoms with E-state index in [2.05, 4.69) is 14.5 Å². The van der Waals surface area contributed by atoms with Gasteiger partial charge in [-0.15, -0.1) is 0 Å². The average molecular weight is 208 g/mol. The molecule has 2 aromatic rings. The van der Waals surface area contributed by atoms with Crippen molar-refractivity contribution in [2.45, 2.75) is 19.4 Å². The molecule has 1 fully saturated rings. The molecule has 1 aliphatic rings. The number of imidazole rings is 1. The molecule has 2 heterocycles. The zero-order valence-corrected chi connectivity index (χ0v) is 8.41. The number of hydrogen-bond donors (Lipinski definition) is 0. The van der Waals surface area contributed by atoms with Crippen LogP contribution in [-0.2, 0) is 6.54 Å². The second kappa shape index (κ2) is 2.95. The van der Waals surface area contributed by atoms with Crippen molar-refractivity contribution < 1.29 is 0 Å². The van der Waals surface area contributed by atoms with Gasteiger partial charge in [0.1, 0.15) is 10.7 Å². The summed E-state index contributed by atoms with van der Waals surface area (Å²) < 4.78 is 2.17. The molecule has 0 spiro atoms. The van der Waals surface area contributed by atoms with Crippen molar-refractivity contribution in [2.75, 3.05) is 0 Å². The van der Waals surface area contributed by atoms with Gasteiger partial charge in [0.2, 0.25) is 0 Å². The summed E-state index contributed by atoms with van der Waals surface area (Å²) in [5.74, 6) is 0.847. The van der Waals surface area contributed by atoms with Gasteiger partial charge in [-0.25, -0.2) is 9.97 Å². The Hall–Kier alpha value is -1.09. The number of halogens is 1. The van der Waals surface area contributed by atoms with Gasteiger partial charge in [-0.2, -0.15) is 0 Å². The molecule has 0 aromatic carbocycles. The first-order chi connectivity index (χ1) is 6.83. The summed E-state index contributed by atoms with van der Waals surface area (Å²) in [5, 5.41) is 0.537. The molecule has 4 heteroatoms.